The van der Waals surface area contributed by atoms with Crippen LogP contribution in [0.2, 0.25) is 0 Å². The van der Waals surface area contributed by atoms with Crippen LogP contribution < -0.4 is 10.6 Å². The number of anilines is 1. The molecule has 7 heteroatoms. The van der Waals surface area contributed by atoms with Crippen molar-refractivity contribution in [1.29, 1.82) is 0 Å². The van der Waals surface area contributed by atoms with Crippen LogP contribution in [0, 0.1) is 11.8 Å². The lowest BCUT2D eigenvalue weighted by Crippen LogP contribution is -2.50. The molecule has 3 heterocycles. The predicted octanol–water partition coefficient (Wildman–Crippen LogP) is 4.47. The second-order valence-corrected chi connectivity index (χ2v) is 10.4. The third kappa shape index (κ3) is 3.96. The average molecular weight is 484 g/mol. The van der Waals surface area contributed by atoms with Crippen molar-refractivity contribution < 1.29 is 9.59 Å². The number of imidazole rings is 1. The molecule has 1 aromatic heterocycles. The molecule has 1 saturated heterocycles. The number of likely N-dealkylation sites (tertiary alicyclic amines) is 1. The van der Waals surface area contributed by atoms with Gasteiger partial charge < -0.3 is 20.1 Å². The number of carbonyl (C=O) groups excluding carboxylic acids is 2. The Balaban J connectivity index is 1.28. The summed E-state index contributed by atoms with van der Waals surface area (Å²) in [5, 5.41) is 6.93. The highest BCUT2D eigenvalue weighted by molar-refractivity contribution is 5.94. The van der Waals surface area contributed by atoms with E-state index in [9.17, 15) is 9.59 Å². The van der Waals surface area contributed by atoms with E-state index in [1.807, 2.05) is 55.8 Å². The van der Waals surface area contributed by atoms with Gasteiger partial charge in [0.05, 0.1) is 18.0 Å². The molecule has 2 aromatic carbocycles. The zero-order chi connectivity index (χ0) is 24.6. The first-order valence-electron chi connectivity index (χ1n) is 13.1. The third-order valence-electron chi connectivity index (χ3n) is 8.32. The molecule has 1 saturated carbocycles. The van der Waals surface area contributed by atoms with E-state index in [1.54, 1.807) is 0 Å². The third-order valence-corrected chi connectivity index (χ3v) is 8.32. The summed E-state index contributed by atoms with van der Waals surface area (Å²) in [7, 11) is 2.03. The maximum atomic E-state index is 14.2. The van der Waals surface area contributed by atoms with Crippen LogP contribution in [0.15, 0.2) is 67.0 Å². The van der Waals surface area contributed by atoms with Crippen molar-refractivity contribution in [3.8, 4) is 0 Å². The zero-order valence-corrected chi connectivity index (χ0v) is 20.6. The Morgan fingerprint density at radius 3 is 2.58 bits per heavy atom. The van der Waals surface area contributed by atoms with Gasteiger partial charge in [0.25, 0.3) is 5.91 Å². The van der Waals surface area contributed by atoms with Crippen molar-refractivity contribution in [3.63, 3.8) is 0 Å². The summed E-state index contributed by atoms with van der Waals surface area (Å²) in [4.78, 5) is 33.9. The number of fused-ring (bicyclic) bond motifs is 3. The van der Waals surface area contributed by atoms with Crippen molar-refractivity contribution in [1.82, 2.24) is 19.8 Å². The number of rotatable bonds is 4. The lowest BCUT2D eigenvalue weighted by molar-refractivity contribution is -0.138. The lowest BCUT2D eigenvalue weighted by atomic mass is 9.80. The molecule has 3 aliphatic rings. The Kier molecular flexibility index (Phi) is 5.99. The van der Waals surface area contributed by atoms with Crippen molar-refractivity contribution in [2.24, 2.45) is 18.9 Å². The van der Waals surface area contributed by atoms with Gasteiger partial charge in [0.1, 0.15) is 5.82 Å². The van der Waals surface area contributed by atoms with Crippen LogP contribution in [-0.4, -0.2) is 38.9 Å². The summed E-state index contributed by atoms with van der Waals surface area (Å²) in [5.74, 6) is 1.13. The van der Waals surface area contributed by atoms with Crippen LogP contribution in [0.4, 0.5) is 5.69 Å². The number of hydrogen-bond donors (Lipinski definition) is 2. The van der Waals surface area contributed by atoms with Gasteiger partial charge in [0.15, 0.2) is 0 Å². The molecule has 6 rings (SSSR count). The highest BCUT2D eigenvalue weighted by atomic mass is 16.2. The van der Waals surface area contributed by atoms with E-state index in [1.165, 1.54) is 5.56 Å². The van der Waals surface area contributed by atoms with E-state index in [2.05, 4.69) is 43.3 Å². The fourth-order valence-corrected chi connectivity index (χ4v) is 6.56. The standard InChI is InChI=1S/C29H33N5O2/c1-33-18-16-30-27(33)25-22-15-17-34(26(22)20-11-5-7-13-23(20)31-25)29(36)21-12-6-8-14-24(21)32-28(35)19-9-3-2-4-10-19/h2-5,7,9-11,13,16,18,21-22,24-26,31H,6,8,12,14-15,17H2,1H3,(H,32,35). The maximum absolute atomic E-state index is 14.2. The van der Waals surface area contributed by atoms with Crippen molar-refractivity contribution in [3.05, 3.63) is 83.9 Å². The largest absolute Gasteiger partial charge is 0.375 e. The second kappa shape index (κ2) is 9.45. The fourth-order valence-electron chi connectivity index (χ4n) is 6.56. The van der Waals surface area contributed by atoms with E-state index >= 15 is 0 Å². The monoisotopic (exact) mass is 483 g/mol. The number of nitrogens with one attached hydrogen (secondary N) is 2. The number of nitrogens with zero attached hydrogens (tertiary/aromatic N) is 3. The summed E-state index contributed by atoms with van der Waals surface area (Å²) in [6.45, 7) is 0.723. The van der Waals surface area contributed by atoms with Gasteiger partial charge in [-0.05, 0) is 43.0 Å². The maximum Gasteiger partial charge on any atom is 0.251 e. The van der Waals surface area contributed by atoms with Crippen molar-refractivity contribution in [2.45, 2.75) is 50.2 Å². The number of aromatic nitrogens is 2. The average Bonchev–Trinajstić information content (AvgIpc) is 3.55. The highest BCUT2D eigenvalue weighted by Crippen LogP contribution is 2.51. The molecule has 2 N–H and O–H groups in total. The quantitative estimate of drug-likeness (QED) is 0.574. The van der Waals surface area contributed by atoms with E-state index in [4.69, 9.17) is 0 Å². The summed E-state index contributed by atoms with van der Waals surface area (Å²) in [5.41, 5.74) is 2.89. The molecule has 5 atom stereocenters. The Labute approximate surface area is 211 Å². The first-order valence-corrected chi connectivity index (χ1v) is 13.1. The zero-order valence-electron chi connectivity index (χ0n) is 20.6. The molecule has 3 aromatic rings. The van der Waals surface area contributed by atoms with Crippen LogP contribution in [-0.2, 0) is 11.8 Å². The Morgan fingerprint density at radius 1 is 1.00 bits per heavy atom. The highest BCUT2D eigenvalue weighted by Gasteiger charge is 2.49. The molecule has 0 bridgehead atoms. The number of benzene rings is 2. The number of para-hydroxylation sites is 1. The second-order valence-electron chi connectivity index (χ2n) is 10.4. The predicted molar refractivity (Wildman–Crippen MR) is 138 cm³/mol. The van der Waals surface area contributed by atoms with Crippen LogP contribution in [0.5, 0.6) is 0 Å². The molecular formula is C29H33N5O2. The minimum atomic E-state index is -0.196. The molecule has 0 radical (unpaired) electrons. The van der Waals surface area contributed by atoms with E-state index < -0.39 is 0 Å². The normalized spacial score (nSPS) is 27.0. The van der Waals surface area contributed by atoms with Crippen LogP contribution in [0.1, 0.15) is 65.9 Å². The Hall–Kier alpha value is -3.61. The van der Waals surface area contributed by atoms with Gasteiger partial charge in [0, 0.05) is 49.2 Å². The number of carbonyl (C=O) groups is 2. The molecule has 36 heavy (non-hydrogen) atoms. The van der Waals surface area contributed by atoms with E-state index in [0.717, 1.165) is 50.2 Å². The number of aryl methyl sites for hydroxylation is 1. The molecule has 186 valence electrons. The Morgan fingerprint density at radius 2 is 1.78 bits per heavy atom. The van der Waals surface area contributed by atoms with Gasteiger partial charge in [-0.25, -0.2) is 4.98 Å². The molecule has 0 spiro atoms. The van der Waals surface area contributed by atoms with Gasteiger partial charge in [-0.3, -0.25) is 9.59 Å². The van der Waals surface area contributed by atoms with Crippen molar-refractivity contribution in [2.75, 3.05) is 11.9 Å². The molecule has 2 aliphatic heterocycles. The minimum absolute atomic E-state index is 0.00375. The molecule has 1 aliphatic carbocycles. The molecule has 2 fully saturated rings. The van der Waals surface area contributed by atoms with Crippen LogP contribution >= 0.6 is 0 Å². The van der Waals surface area contributed by atoms with Gasteiger partial charge in [0.2, 0.25) is 5.91 Å². The van der Waals surface area contributed by atoms with E-state index in [-0.39, 0.29) is 41.8 Å². The van der Waals surface area contributed by atoms with Gasteiger partial charge in [-0.1, -0.05) is 49.2 Å². The van der Waals surface area contributed by atoms with Gasteiger partial charge >= 0.3 is 0 Å². The first kappa shape index (κ1) is 22.8. The number of amides is 2. The van der Waals surface area contributed by atoms with E-state index in [0.29, 0.717) is 5.56 Å². The lowest BCUT2D eigenvalue weighted by Gasteiger charge is -2.41. The summed E-state index contributed by atoms with van der Waals surface area (Å²) in [6, 6.07) is 17.6. The van der Waals surface area contributed by atoms with Gasteiger partial charge in [-0.15, -0.1) is 0 Å². The fraction of sp³-hybridized carbons (Fsp3) is 0.414. The first-order chi connectivity index (χ1) is 17.6. The molecule has 7 nitrogen and oxygen atoms in total. The van der Waals surface area contributed by atoms with Gasteiger partial charge in [-0.2, -0.15) is 0 Å². The molecular weight excluding hydrogens is 450 g/mol. The molecule has 2 amide bonds. The summed E-state index contributed by atoms with van der Waals surface area (Å²) >= 11 is 0. The topological polar surface area (TPSA) is 79.3 Å². The molecule has 5 unspecified atom stereocenters. The van der Waals surface area contributed by atoms with Crippen molar-refractivity contribution >= 4 is 17.5 Å². The van der Waals surface area contributed by atoms with Crippen LogP contribution in [0.3, 0.4) is 0 Å². The smallest absolute Gasteiger partial charge is 0.251 e. The minimum Gasteiger partial charge on any atom is -0.375 e. The SMILES string of the molecule is Cn1ccnc1C1Nc2ccccc2C2C1CCN2C(=O)C1CCCCC1NC(=O)c1ccccc1. The number of hydrogen-bond acceptors (Lipinski definition) is 4. The summed E-state index contributed by atoms with van der Waals surface area (Å²) in [6.07, 6.45) is 8.44. The Bertz CT molecular complexity index is 1260. The summed E-state index contributed by atoms with van der Waals surface area (Å²) < 4.78 is 2.07. The van der Waals surface area contributed by atoms with Crippen LogP contribution in [0.25, 0.3) is 0 Å².